The van der Waals surface area contributed by atoms with Crippen molar-refractivity contribution < 1.29 is 9.53 Å². The smallest absolute Gasteiger partial charge is 0.239 e. The summed E-state index contributed by atoms with van der Waals surface area (Å²) in [5.41, 5.74) is 6.19. The fourth-order valence-corrected chi connectivity index (χ4v) is 2.44. The quantitative estimate of drug-likeness (QED) is 0.836. The minimum atomic E-state index is -0.855. The van der Waals surface area contributed by atoms with Crippen molar-refractivity contribution in [3.63, 3.8) is 0 Å². The number of ether oxygens (including phenoxy) is 1. The molecule has 0 saturated carbocycles. The van der Waals surface area contributed by atoms with Gasteiger partial charge >= 0.3 is 0 Å². The van der Waals surface area contributed by atoms with E-state index in [0.717, 1.165) is 26.3 Å². The van der Waals surface area contributed by atoms with Crippen LogP contribution in [-0.2, 0) is 9.53 Å². The number of nitrogens with zero attached hydrogens (tertiary/aromatic N) is 1. The standard InChI is InChI=1S/C16H25N3O2.2ClH/c1-16(2,17)15(20)18-12-14(13-6-4-3-5-7-13)19-8-10-21-11-9-19;;/h3-7,14H,8-12,17H2,1-2H3,(H,18,20);2*1H. The number of nitrogens with one attached hydrogen (secondary N) is 1. The summed E-state index contributed by atoms with van der Waals surface area (Å²) in [5, 5.41) is 2.97. The van der Waals surface area contributed by atoms with Crippen LogP contribution in [0.15, 0.2) is 30.3 Å². The fraction of sp³-hybridized carbons (Fsp3) is 0.562. The van der Waals surface area contributed by atoms with Crippen molar-refractivity contribution in [3.8, 4) is 0 Å². The lowest BCUT2D eigenvalue weighted by Crippen LogP contribution is -2.51. The number of morpholine rings is 1. The molecule has 132 valence electrons. The van der Waals surface area contributed by atoms with E-state index in [0.29, 0.717) is 6.54 Å². The largest absolute Gasteiger partial charge is 0.379 e. The second-order valence-electron chi connectivity index (χ2n) is 6.01. The van der Waals surface area contributed by atoms with Gasteiger partial charge in [-0.15, -0.1) is 24.8 Å². The van der Waals surface area contributed by atoms with Crippen LogP contribution in [0.1, 0.15) is 25.5 Å². The van der Waals surface area contributed by atoms with Gasteiger partial charge < -0.3 is 15.8 Å². The highest BCUT2D eigenvalue weighted by Gasteiger charge is 2.26. The molecule has 3 N–H and O–H groups in total. The first-order chi connectivity index (χ1) is 9.98. The molecule has 1 amide bonds. The Morgan fingerprint density at radius 1 is 1.26 bits per heavy atom. The van der Waals surface area contributed by atoms with Crippen molar-refractivity contribution in [3.05, 3.63) is 35.9 Å². The molecular formula is C16H27Cl2N3O2. The molecule has 0 spiro atoms. The molecule has 1 heterocycles. The maximum atomic E-state index is 12.0. The zero-order valence-corrected chi connectivity index (χ0v) is 15.3. The van der Waals surface area contributed by atoms with E-state index in [9.17, 15) is 4.79 Å². The Labute approximate surface area is 150 Å². The lowest BCUT2D eigenvalue weighted by atomic mass is 10.0. The molecule has 5 nitrogen and oxygen atoms in total. The molecule has 0 bridgehead atoms. The normalized spacial score (nSPS) is 16.7. The highest BCUT2D eigenvalue weighted by atomic mass is 35.5. The molecule has 7 heteroatoms. The average molecular weight is 364 g/mol. The number of carbonyl (C=O) groups excluding carboxylic acids is 1. The Bertz CT molecular complexity index is 460. The molecule has 1 saturated heterocycles. The number of halogens is 2. The van der Waals surface area contributed by atoms with E-state index in [4.69, 9.17) is 10.5 Å². The Morgan fingerprint density at radius 2 is 1.83 bits per heavy atom. The van der Waals surface area contributed by atoms with Crippen LogP contribution >= 0.6 is 24.8 Å². The molecule has 1 atom stereocenters. The van der Waals surface area contributed by atoms with Gasteiger partial charge in [-0.3, -0.25) is 9.69 Å². The van der Waals surface area contributed by atoms with E-state index < -0.39 is 5.54 Å². The summed E-state index contributed by atoms with van der Waals surface area (Å²) in [6, 6.07) is 10.4. The maximum Gasteiger partial charge on any atom is 0.239 e. The minimum Gasteiger partial charge on any atom is -0.379 e. The molecule has 2 rings (SSSR count). The van der Waals surface area contributed by atoms with E-state index >= 15 is 0 Å². The van der Waals surface area contributed by atoms with Gasteiger partial charge in [0, 0.05) is 19.6 Å². The number of nitrogens with two attached hydrogens (primary N) is 1. The summed E-state index contributed by atoms with van der Waals surface area (Å²) in [4.78, 5) is 14.4. The van der Waals surface area contributed by atoms with Crippen LogP contribution in [0.25, 0.3) is 0 Å². The van der Waals surface area contributed by atoms with Gasteiger partial charge in [-0.25, -0.2) is 0 Å². The zero-order valence-electron chi connectivity index (χ0n) is 13.7. The number of hydrogen-bond acceptors (Lipinski definition) is 4. The lowest BCUT2D eigenvalue weighted by molar-refractivity contribution is -0.125. The van der Waals surface area contributed by atoms with E-state index in [1.54, 1.807) is 13.8 Å². The van der Waals surface area contributed by atoms with Crippen molar-refractivity contribution in [2.24, 2.45) is 5.73 Å². The summed E-state index contributed by atoms with van der Waals surface area (Å²) in [7, 11) is 0. The average Bonchev–Trinajstić information content (AvgIpc) is 2.48. The second kappa shape index (κ2) is 10.1. The van der Waals surface area contributed by atoms with Crippen molar-refractivity contribution in [2.75, 3.05) is 32.8 Å². The van der Waals surface area contributed by atoms with E-state index in [1.165, 1.54) is 5.56 Å². The van der Waals surface area contributed by atoms with Crippen LogP contribution in [0.4, 0.5) is 0 Å². The van der Waals surface area contributed by atoms with Gasteiger partial charge in [-0.05, 0) is 19.4 Å². The second-order valence-corrected chi connectivity index (χ2v) is 6.01. The first-order valence-electron chi connectivity index (χ1n) is 7.42. The van der Waals surface area contributed by atoms with Crippen LogP contribution in [0, 0.1) is 0 Å². The third kappa shape index (κ3) is 6.65. The van der Waals surface area contributed by atoms with Crippen molar-refractivity contribution in [2.45, 2.75) is 25.4 Å². The summed E-state index contributed by atoms with van der Waals surface area (Å²) in [5.74, 6) is -0.128. The fourth-order valence-electron chi connectivity index (χ4n) is 2.44. The van der Waals surface area contributed by atoms with Crippen molar-refractivity contribution >= 4 is 30.7 Å². The monoisotopic (exact) mass is 363 g/mol. The number of carbonyl (C=O) groups is 1. The molecule has 1 aliphatic rings. The first-order valence-corrected chi connectivity index (χ1v) is 7.42. The third-order valence-electron chi connectivity index (χ3n) is 3.71. The van der Waals surface area contributed by atoms with Crippen molar-refractivity contribution in [1.82, 2.24) is 10.2 Å². The maximum absolute atomic E-state index is 12.0. The number of rotatable bonds is 5. The number of hydrogen-bond donors (Lipinski definition) is 2. The lowest BCUT2D eigenvalue weighted by Gasteiger charge is -2.35. The van der Waals surface area contributed by atoms with Gasteiger partial charge in [-0.2, -0.15) is 0 Å². The molecule has 23 heavy (non-hydrogen) atoms. The van der Waals surface area contributed by atoms with Crippen LogP contribution in [0.2, 0.25) is 0 Å². The summed E-state index contributed by atoms with van der Waals surface area (Å²) in [6.07, 6.45) is 0. The SMILES string of the molecule is CC(C)(N)C(=O)NCC(c1ccccc1)N1CCOCC1.Cl.Cl. The highest BCUT2D eigenvalue weighted by molar-refractivity contribution is 5.86. The third-order valence-corrected chi connectivity index (χ3v) is 3.71. The van der Waals surface area contributed by atoms with Gasteiger partial charge in [0.15, 0.2) is 0 Å². The van der Waals surface area contributed by atoms with E-state index in [-0.39, 0.29) is 36.8 Å². The number of benzene rings is 1. The Kier molecular flexibility index (Phi) is 9.73. The number of amides is 1. The van der Waals surface area contributed by atoms with Gasteiger partial charge in [0.1, 0.15) is 0 Å². The zero-order chi connectivity index (χ0) is 15.3. The summed E-state index contributed by atoms with van der Waals surface area (Å²) in [6.45, 7) is 7.22. The molecule has 0 aliphatic carbocycles. The van der Waals surface area contributed by atoms with Gasteiger partial charge in [0.05, 0.1) is 24.8 Å². The van der Waals surface area contributed by atoms with Crippen LogP contribution in [-0.4, -0.2) is 49.2 Å². The predicted octanol–water partition coefficient (Wildman–Crippen LogP) is 1.76. The molecule has 1 fully saturated rings. The van der Waals surface area contributed by atoms with E-state index in [1.807, 2.05) is 18.2 Å². The molecule has 1 aromatic carbocycles. The van der Waals surface area contributed by atoms with Crippen LogP contribution in [0.5, 0.6) is 0 Å². The molecular weight excluding hydrogens is 337 g/mol. The van der Waals surface area contributed by atoms with Crippen LogP contribution < -0.4 is 11.1 Å². The molecule has 1 aliphatic heterocycles. The predicted molar refractivity (Wildman–Crippen MR) is 97.3 cm³/mol. The van der Waals surface area contributed by atoms with Gasteiger partial charge in [-0.1, -0.05) is 30.3 Å². The van der Waals surface area contributed by atoms with Gasteiger partial charge in [0.2, 0.25) is 5.91 Å². The minimum absolute atomic E-state index is 0. The molecule has 0 radical (unpaired) electrons. The Balaban J connectivity index is 0.00000242. The molecule has 1 aromatic rings. The summed E-state index contributed by atoms with van der Waals surface area (Å²) >= 11 is 0. The van der Waals surface area contributed by atoms with Crippen LogP contribution in [0.3, 0.4) is 0 Å². The Morgan fingerprint density at radius 3 is 2.35 bits per heavy atom. The molecule has 1 unspecified atom stereocenters. The van der Waals surface area contributed by atoms with Gasteiger partial charge in [0.25, 0.3) is 0 Å². The first kappa shape index (κ1) is 22.1. The highest BCUT2D eigenvalue weighted by Crippen LogP contribution is 2.21. The Hall–Kier alpha value is -0.850. The molecule has 0 aromatic heterocycles. The van der Waals surface area contributed by atoms with E-state index in [2.05, 4.69) is 22.3 Å². The topological polar surface area (TPSA) is 67.6 Å². The summed E-state index contributed by atoms with van der Waals surface area (Å²) < 4.78 is 5.42. The van der Waals surface area contributed by atoms with Crippen molar-refractivity contribution in [1.29, 1.82) is 0 Å².